The van der Waals surface area contributed by atoms with Gasteiger partial charge in [-0.3, -0.25) is 14.4 Å². The van der Waals surface area contributed by atoms with Crippen molar-refractivity contribution < 1.29 is 19.2 Å². The summed E-state index contributed by atoms with van der Waals surface area (Å²) in [6, 6.07) is -1.70. The molecule has 0 bridgehead atoms. The lowest BCUT2D eigenvalue weighted by Crippen LogP contribution is -2.53. The first-order valence-corrected chi connectivity index (χ1v) is 7.80. The van der Waals surface area contributed by atoms with Gasteiger partial charge >= 0.3 is 0 Å². The molecule has 7 nitrogen and oxygen atoms in total. The minimum atomic E-state index is -0.932. The van der Waals surface area contributed by atoms with Gasteiger partial charge in [0.1, 0.15) is 17.9 Å². The lowest BCUT2D eigenvalue weighted by atomic mass is 10.0. The van der Waals surface area contributed by atoms with Gasteiger partial charge in [0.2, 0.25) is 17.7 Å². The monoisotopic (exact) mass is 331 g/mol. The molecule has 0 unspecified atom stereocenters. The summed E-state index contributed by atoms with van der Waals surface area (Å²) in [7, 11) is 0. The molecule has 0 saturated heterocycles. The Labute approximate surface area is 136 Å². The van der Waals surface area contributed by atoms with Gasteiger partial charge in [0.15, 0.2) is 0 Å². The predicted octanol–water partition coefficient (Wildman–Crippen LogP) is -0.214. The van der Waals surface area contributed by atoms with Crippen LogP contribution < -0.4 is 16.4 Å². The summed E-state index contributed by atoms with van der Waals surface area (Å²) in [5.41, 5.74) is 5.24. The molecule has 0 aliphatic heterocycles. The zero-order valence-electron chi connectivity index (χ0n) is 13.2. The minimum Gasteiger partial charge on any atom is -0.368 e. The number of hydrogen-bond donors (Lipinski definition) is 4. The van der Waals surface area contributed by atoms with Crippen LogP contribution in [0.3, 0.4) is 0 Å². The first-order chi connectivity index (χ1) is 10.2. The molecule has 0 heterocycles. The van der Waals surface area contributed by atoms with Crippen LogP contribution in [0.2, 0.25) is 0 Å². The van der Waals surface area contributed by atoms with Crippen LogP contribution in [0.15, 0.2) is 0 Å². The number of thiol groups is 1. The Kier molecular flexibility index (Phi) is 9.48. The zero-order chi connectivity index (χ0) is 17.3. The largest absolute Gasteiger partial charge is 0.368 e. The van der Waals surface area contributed by atoms with E-state index >= 15 is 0 Å². The van der Waals surface area contributed by atoms with Gasteiger partial charge in [-0.1, -0.05) is 13.8 Å². The number of ketones is 1. The van der Waals surface area contributed by atoms with Crippen molar-refractivity contribution in [1.82, 2.24) is 10.6 Å². The average molecular weight is 331 g/mol. The van der Waals surface area contributed by atoms with Crippen molar-refractivity contribution in [2.45, 2.75) is 52.1 Å². The lowest BCUT2D eigenvalue weighted by molar-refractivity contribution is -0.131. The number of amides is 3. The fourth-order valence-electron chi connectivity index (χ4n) is 1.85. The van der Waals surface area contributed by atoms with Crippen molar-refractivity contribution in [3.8, 4) is 0 Å². The molecule has 0 aromatic carbocycles. The second-order valence-electron chi connectivity index (χ2n) is 5.61. The molecular weight excluding hydrogens is 306 g/mol. The summed E-state index contributed by atoms with van der Waals surface area (Å²) in [4.78, 5) is 46.0. The van der Waals surface area contributed by atoms with Gasteiger partial charge in [-0.05, 0) is 25.7 Å². The van der Waals surface area contributed by atoms with Crippen LogP contribution in [-0.4, -0.2) is 41.3 Å². The third kappa shape index (κ3) is 8.66. The highest BCUT2D eigenvalue weighted by Gasteiger charge is 2.26. The van der Waals surface area contributed by atoms with Gasteiger partial charge < -0.3 is 21.2 Å². The Morgan fingerprint density at radius 1 is 1.09 bits per heavy atom. The van der Waals surface area contributed by atoms with Crippen molar-refractivity contribution in [3.63, 3.8) is 0 Å². The molecule has 2 atom stereocenters. The first kappa shape index (κ1) is 20.4. The number of nitrogens with one attached hydrogen (secondary N) is 2. The van der Waals surface area contributed by atoms with Crippen molar-refractivity contribution in [2.24, 2.45) is 11.7 Å². The van der Waals surface area contributed by atoms with E-state index in [1.165, 1.54) is 6.92 Å². The second kappa shape index (κ2) is 10.2. The molecule has 0 rings (SSSR count). The van der Waals surface area contributed by atoms with Crippen LogP contribution in [-0.2, 0) is 19.2 Å². The predicted molar refractivity (Wildman–Crippen MR) is 86.3 cm³/mol. The molecular formula is C14H25N3O4S. The number of nitrogens with two attached hydrogens (primary N) is 1. The SMILES string of the molecule is CC(=O)CC[C@H](NC(=O)[C@H](CC(C)C)NC(=O)CS)C(N)=O. The van der Waals surface area contributed by atoms with Gasteiger partial charge in [-0.15, -0.1) is 0 Å². The van der Waals surface area contributed by atoms with Crippen LogP contribution in [0.4, 0.5) is 0 Å². The van der Waals surface area contributed by atoms with E-state index < -0.39 is 23.9 Å². The summed E-state index contributed by atoms with van der Waals surface area (Å²) in [5.74, 6) is -1.54. The molecule has 22 heavy (non-hydrogen) atoms. The van der Waals surface area contributed by atoms with Crippen molar-refractivity contribution in [1.29, 1.82) is 0 Å². The Balaban J connectivity index is 4.83. The maximum atomic E-state index is 12.2. The third-order valence-electron chi connectivity index (χ3n) is 2.95. The lowest BCUT2D eigenvalue weighted by Gasteiger charge is -2.22. The number of primary amides is 1. The van der Waals surface area contributed by atoms with E-state index in [1.807, 2.05) is 13.8 Å². The van der Waals surface area contributed by atoms with E-state index in [0.717, 1.165) is 0 Å². The molecule has 126 valence electrons. The molecule has 0 aromatic heterocycles. The van der Waals surface area contributed by atoms with Gasteiger partial charge in [0, 0.05) is 6.42 Å². The number of hydrogen-bond acceptors (Lipinski definition) is 5. The van der Waals surface area contributed by atoms with Crippen molar-refractivity contribution in [2.75, 3.05) is 5.75 Å². The van der Waals surface area contributed by atoms with Crippen molar-refractivity contribution in [3.05, 3.63) is 0 Å². The summed E-state index contributed by atoms with van der Waals surface area (Å²) >= 11 is 3.85. The Morgan fingerprint density at radius 2 is 1.68 bits per heavy atom. The molecule has 0 fully saturated rings. The van der Waals surface area contributed by atoms with Gasteiger partial charge in [-0.25, -0.2) is 0 Å². The molecule has 0 aromatic rings. The molecule has 0 radical (unpaired) electrons. The average Bonchev–Trinajstić information content (AvgIpc) is 2.41. The number of rotatable bonds is 10. The maximum absolute atomic E-state index is 12.2. The highest BCUT2D eigenvalue weighted by molar-refractivity contribution is 7.81. The second-order valence-corrected chi connectivity index (χ2v) is 5.93. The van der Waals surface area contributed by atoms with Gasteiger partial charge in [0.25, 0.3) is 0 Å². The fraction of sp³-hybridized carbons (Fsp3) is 0.714. The van der Waals surface area contributed by atoms with E-state index in [4.69, 9.17) is 5.73 Å². The zero-order valence-corrected chi connectivity index (χ0v) is 14.1. The summed E-state index contributed by atoms with van der Waals surface area (Å²) < 4.78 is 0. The normalized spacial score (nSPS) is 13.3. The highest BCUT2D eigenvalue weighted by Crippen LogP contribution is 2.07. The van der Waals surface area contributed by atoms with Crippen LogP contribution in [0.1, 0.15) is 40.0 Å². The Hall–Kier alpha value is -1.57. The van der Waals surface area contributed by atoms with E-state index in [-0.39, 0.29) is 36.2 Å². The Bertz CT molecular complexity index is 426. The molecule has 0 spiro atoms. The van der Waals surface area contributed by atoms with E-state index in [9.17, 15) is 19.2 Å². The molecule has 0 aliphatic carbocycles. The molecule has 0 saturated carbocycles. The van der Waals surface area contributed by atoms with Gasteiger partial charge in [-0.2, -0.15) is 12.6 Å². The first-order valence-electron chi connectivity index (χ1n) is 7.16. The van der Waals surface area contributed by atoms with Crippen LogP contribution >= 0.6 is 12.6 Å². The smallest absolute Gasteiger partial charge is 0.243 e. The third-order valence-corrected chi connectivity index (χ3v) is 3.23. The highest BCUT2D eigenvalue weighted by atomic mass is 32.1. The van der Waals surface area contributed by atoms with Crippen LogP contribution in [0.25, 0.3) is 0 Å². The summed E-state index contributed by atoms with van der Waals surface area (Å²) in [6.45, 7) is 5.22. The minimum absolute atomic E-state index is 0.0363. The van der Waals surface area contributed by atoms with E-state index in [1.54, 1.807) is 0 Å². The van der Waals surface area contributed by atoms with E-state index in [2.05, 4.69) is 23.3 Å². The van der Waals surface area contributed by atoms with Crippen LogP contribution in [0, 0.1) is 5.92 Å². The standard InChI is InChI=1S/C14H25N3O4S/c1-8(2)6-11(16-12(19)7-22)14(21)17-10(13(15)20)5-4-9(3)18/h8,10-11,22H,4-7H2,1-3H3,(H2,15,20)(H,16,19)(H,17,21)/t10-,11-/m0/s1. The summed E-state index contributed by atoms with van der Waals surface area (Å²) in [6.07, 6.45) is 0.709. The molecule has 8 heteroatoms. The summed E-state index contributed by atoms with van der Waals surface area (Å²) in [5, 5.41) is 5.06. The van der Waals surface area contributed by atoms with Crippen LogP contribution in [0.5, 0.6) is 0 Å². The quantitative estimate of drug-likeness (QED) is 0.414. The number of Topliss-reactive ketones (excluding diaryl/α,β-unsaturated/α-hetero) is 1. The fourth-order valence-corrected chi connectivity index (χ4v) is 1.94. The maximum Gasteiger partial charge on any atom is 0.243 e. The molecule has 4 N–H and O–H groups in total. The molecule has 3 amide bonds. The Morgan fingerprint density at radius 3 is 2.09 bits per heavy atom. The van der Waals surface area contributed by atoms with Crippen molar-refractivity contribution >= 4 is 36.1 Å². The number of carbonyl (C=O) groups is 4. The topological polar surface area (TPSA) is 118 Å². The van der Waals surface area contributed by atoms with Gasteiger partial charge in [0.05, 0.1) is 5.75 Å². The number of carbonyl (C=O) groups excluding carboxylic acids is 4. The molecule has 0 aliphatic rings. The van der Waals surface area contributed by atoms with E-state index in [0.29, 0.717) is 6.42 Å².